The molecule has 2 aliphatic rings. The van der Waals surface area contributed by atoms with Crippen LogP contribution in [0.1, 0.15) is 13.2 Å². The van der Waals surface area contributed by atoms with Crippen molar-refractivity contribution < 1.29 is 40.1 Å². The average Bonchev–Trinajstić information content (AvgIpc) is 3.06. The fraction of sp³-hybridized carbons (Fsp3) is 0.786. The van der Waals surface area contributed by atoms with E-state index in [0.29, 0.717) is 0 Å². The maximum atomic E-state index is 11.5. The minimum atomic E-state index is -1.35. The zero-order chi connectivity index (χ0) is 20.3. The highest BCUT2D eigenvalue weighted by molar-refractivity contribution is 5.10. The van der Waals surface area contributed by atoms with Gasteiger partial charge in [-0.05, 0) is 6.92 Å². The summed E-state index contributed by atoms with van der Waals surface area (Å²) in [6.45, 7) is 0.936. The van der Waals surface area contributed by atoms with E-state index in [0.717, 1.165) is 10.9 Å². The molecule has 13 heteroatoms. The molecule has 3 rings (SSSR count). The van der Waals surface area contributed by atoms with E-state index in [4.69, 9.17) is 35.6 Å². The predicted octanol–water partition coefficient (Wildman–Crippen LogP) is -4.68. The second kappa shape index (κ2) is 8.99. The van der Waals surface area contributed by atoms with Gasteiger partial charge in [0.15, 0.2) is 6.23 Å². The van der Waals surface area contributed by atoms with Crippen LogP contribution in [0.2, 0.25) is 0 Å². The van der Waals surface area contributed by atoms with Gasteiger partial charge < -0.3 is 45.8 Å². The maximum Gasteiger partial charge on any atom is 0.354 e. The molecule has 154 valence electrons. The number of hydrogen-bond acceptors (Lipinski definition) is 12. The van der Waals surface area contributed by atoms with E-state index in [1.54, 1.807) is 6.92 Å². The van der Waals surface area contributed by atoms with Crippen molar-refractivity contribution in [1.82, 2.24) is 14.5 Å². The Morgan fingerprint density at radius 3 is 2.00 bits per heavy atom. The molecule has 13 nitrogen and oxygen atoms in total. The monoisotopic (exact) mass is 392 g/mol. The summed E-state index contributed by atoms with van der Waals surface area (Å²) in [5.41, 5.74) is 4.46. The molecule has 3 heterocycles. The topological polar surface area (TPSA) is 214 Å². The van der Waals surface area contributed by atoms with E-state index < -0.39 is 55.1 Å². The minimum Gasteiger partial charge on any atom is -0.394 e. The van der Waals surface area contributed by atoms with E-state index >= 15 is 0 Å². The lowest BCUT2D eigenvalue weighted by Crippen LogP contribution is -2.36. The van der Waals surface area contributed by atoms with Crippen molar-refractivity contribution in [1.29, 1.82) is 0 Å². The lowest BCUT2D eigenvalue weighted by atomic mass is 10.1. The van der Waals surface area contributed by atoms with Gasteiger partial charge in [-0.15, -0.1) is 0 Å². The molecule has 2 fully saturated rings. The van der Waals surface area contributed by atoms with Gasteiger partial charge in [0.2, 0.25) is 5.95 Å². The number of aromatic nitrogens is 3. The molecule has 8 N–H and O–H groups in total. The van der Waals surface area contributed by atoms with Crippen molar-refractivity contribution in [3.05, 3.63) is 16.8 Å². The summed E-state index contributed by atoms with van der Waals surface area (Å²) in [7, 11) is 0. The molecule has 2 saturated heterocycles. The highest BCUT2D eigenvalue weighted by Gasteiger charge is 2.44. The number of rotatable bonds is 3. The number of nitrogens with zero attached hydrogens (tertiary/aromatic N) is 3. The smallest absolute Gasteiger partial charge is 0.354 e. The molecule has 0 aromatic carbocycles. The molecule has 0 bridgehead atoms. The number of aliphatic hydroxyl groups is 6. The molecule has 0 radical (unpaired) electrons. The van der Waals surface area contributed by atoms with Crippen LogP contribution in [-0.4, -0.2) is 101 Å². The first-order valence-electron chi connectivity index (χ1n) is 8.16. The third-order valence-electron chi connectivity index (χ3n) is 4.32. The average molecular weight is 392 g/mol. The summed E-state index contributed by atoms with van der Waals surface area (Å²) in [6, 6.07) is 0. The lowest BCUT2D eigenvalue weighted by molar-refractivity contribution is -0.0554. The van der Waals surface area contributed by atoms with Crippen molar-refractivity contribution in [3.8, 4) is 0 Å². The highest BCUT2D eigenvalue weighted by atomic mass is 16.6. The third-order valence-corrected chi connectivity index (χ3v) is 4.32. The van der Waals surface area contributed by atoms with Gasteiger partial charge in [0, 0.05) is 0 Å². The number of nitrogens with two attached hydrogens (primary N) is 1. The predicted molar refractivity (Wildman–Crippen MR) is 87.1 cm³/mol. The van der Waals surface area contributed by atoms with E-state index in [1.807, 2.05) is 0 Å². The third kappa shape index (κ3) is 4.59. The summed E-state index contributed by atoms with van der Waals surface area (Å²) in [6.07, 6.45) is -6.49. The summed E-state index contributed by atoms with van der Waals surface area (Å²) >= 11 is 0. The van der Waals surface area contributed by atoms with Crippen molar-refractivity contribution in [2.24, 2.45) is 0 Å². The zero-order valence-corrected chi connectivity index (χ0v) is 14.4. The van der Waals surface area contributed by atoms with Crippen LogP contribution in [0.25, 0.3) is 0 Å². The van der Waals surface area contributed by atoms with Crippen LogP contribution in [0, 0.1) is 0 Å². The van der Waals surface area contributed by atoms with Gasteiger partial charge >= 0.3 is 5.69 Å². The molecule has 27 heavy (non-hydrogen) atoms. The van der Waals surface area contributed by atoms with Crippen LogP contribution in [0.15, 0.2) is 11.1 Å². The second-order valence-electron chi connectivity index (χ2n) is 6.18. The Balaban J connectivity index is 0.000000223. The quantitative estimate of drug-likeness (QED) is 0.258. The number of aliphatic hydroxyl groups excluding tert-OH is 6. The fourth-order valence-electron chi connectivity index (χ4n) is 2.73. The molecule has 0 spiro atoms. The molecule has 2 aliphatic heterocycles. The molecule has 0 amide bonds. The van der Waals surface area contributed by atoms with E-state index in [1.165, 1.54) is 0 Å². The second-order valence-corrected chi connectivity index (χ2v) is 6.18. The van der Waals surface area contributed by atoms with Crippen molar-refractivity contribution >= 4 is 5.95 Å². The molecular formula is C14H24N4O9. The minimum absolute atomic E-state index is 0.196. The maximum absolute atomic E-state index is 11.5. The normalized spacial score (nSPS) is 38.5. The lowest BCUT2D eigenvalue weighted by Gasteiger charge is -2.16. The largest absolute Gasteiger partial charge is 0.394 e. The Labute approximate surface area is 153 Å². The summed E-state index contributed by atoms with van der Waals surface area (Å²) in [5.74, 6) is -0.196. The number of hydrogen-bond donors (Lipinski definition) is 7. The van der Waals surface area contributed by atoms with Gasteiger partial charge in [0.1, 0.15) is 43.0 Å². The molecule has 1 aromatic rings. The molecule has 0 aliphatic carbocycles. The Hall–Kier alpha value is -1.71. The van der Waals surface area contributed by atoms with Gasteiger partial charge in [-0.3, -0.25) is 4.57 Å². The molecular weight excluding hydrogens is 368 g/mol. The van der Waals surface area contributed by atoms with Crippen LogP contribution in [0.5, 0.6) is 0 Å². The molecule has 1 aromatic heterocycles. The van der Waals surface area contributed by atoms with Crippen LogP contribution in [-0.2, 0) is 9.47 Å². The Bertz CT molecular complexity index is 674. The van der Waals surface area contributed by atoms with Crippen molar-refractivity contribution in [2.45, 2.75) is 55.9 Å². The van der Waals surface area contributed by atoms with Gasteiger partial charge in [0.25, 0.3) is 0 Å². The molecule has 0 saturated carbocycles. The van der Waals surface area contributed by atoms with Gasteiger partial charge in [-0.2, -0.15) is 4.98 Å². The van der Waals surface area contributed by atoms with Crippen LogP contribution in [0.4, 0.5) is 5.95 Å². The summed E-state index contributed by atoms with van der Waals surface area (Å²) < 4.78 is 11.0. The number of nitrogen functional groups attached to an aromatic ring is 1. The van der Waals surface area contributed by atoms with Gasteiger partial charge in [-0.25, -0.2) is 9.78 Å². The van der Waals surface area contributed by atoms with Gasteiger partial charge in [-0.1, -0.05) is 0 Å². The van der Waals surface area contributed by atoms with Crippen molar-refractivity contribution in [3.63, 3.8) is 0 Å². The molecule has 4 unspecified atom stereocenters. The standard InChI is InChI=1S/C8H12N4O5.C6H12O4/c9-7-10-2-12(8(16)11-7)6-5(15)4(14)3(1-13)17-6;1-3-5(8)6(9)4(2-7)10-3/h2-6,13-15H,1H2,(H2,9,11,16);3-9H,2H2,1H3/t3-,4-,5-,6-;/m1./s1. The zero-order valence-electron chi connectivity index (χ0n) is 14.4. The van der Waals surface area contributed by atoms with Gasteiger partial charge in [0.05, 0.1) is 19.3 Å². The first-order chi connectivity index (χ1) is 12.7. The fourth-order valence-corrected chi connectivity index (χ4v) is 2.73. The molecule has 8 atom stereocenters. The van der Waals surface area contributed by atoms with E-state index in [2.05, 4.69) is 9.97 Å². The first kappa shape index (κ1) is 21.6. The Kier molecular flexibility index (Phi) is 7.19. The SMILES string of the molecule is CC1OC(CO)C(O)C1O.Nc1ncn([C@@H]2O[C@H](CO)[C@@H](O)[C@H]2O)c(=O)n1. The van der Waals surface area contributed by atoms with Crippen LogP contribution >= 0.6 is 0 Å². The van der Waals surface area contributed by atoms with Crippen LogP contribution in [0.3, 0.4) is 0 Å². The number of ether oxygens (including phenoxy) is 2. The van der Waals surface area contributed by atoms with Crippen molar-refractivity contribution in [2.75, 3.05) is 18.9 Å². The Morgan fingerprint density at radius 2 is 1.59 bits per heavy atom. The Morgan fingerprint density at radius 1 is 1.04 bits per heavy atom. The highest BCUT2D eigenvalue weighted by Crippen LogP contribution is 2.27. The first-order valence-corrected chi connectivity index (χ1v) is 8.16. The van der Waals surface area contributed by atoms with E-state index in [9.17, 15) is 15.0 Å². The van der Waals surface area contributed by atoms with Crippen LogP contribution < -0.4 is 11.4 Å². The number of anilines is 1. The van der Waals surface area contributed by atoms with E-state index in [-0.39, 0.29) is 18.7 Å². The summed E-state index contributed by atoms with van der Waals surface area (Å²) in [5, 5.41) is 54.8. The summed E-state index contributed by atoms with van der Waals surface area (Å²) in [4.78, 5) is 18.4.